The van der Waals surface area contributed by atoms with E-state index < -0.39 is 0 Å². The molecule has 3 aromatic rings. The van der Waals surface area contributed by atoms with Gasteiger partial charge < -0.3 is 4.90 Å². The van der Waals surface area contributed by atoms with Gasteiger partial charge in [0.1, 0.15) is 5.82 Å². The van der Waals surface area contributed by atoms with Crippen LogP contribution >= 0.6 is 0 Å². The lowest BCUT2D eigenvalue weighted by molar-refractivity contribution is 0.891. The second-order valence-electron chi connectivity index (χ2n) is 4.43. The third-order valence-electron chi connectivity index (χ3n) is 2.97. The maximum atomic E-state index is 4.61. The Kier molecular flexibility index (Phi) is 3.06. The quantitative estimate of drug-likeness (QED) is 0.716. The Morgan fingerprint density at radius 3 is 2.63 bits per heavy atom. The number of pyridine rings is 1. The van der Waals surface area contributed by atoms with E-state index in [4.69, 9.17) is 0 Å². The molecule has 94 valence electrons. The van der Waals surface area contributed by atoms with Crippen molar-refractivity contribution in [1.82, 2.24) is 15.0 Å². The van der Waals surface area contributed by atoms with E-state index in [2.05, 4.69) is 25.9 Å². The Hall–Kier alpha value is -2.49. The summed E-state index contributed by atoms with van der Waals surface area (Å²) in [6.07, 6.45) is 5.45. The number of fused-ring (bicyclic) bond motifs is 1. The Labute approximate surface area is 111 Å². The third-order valence-corrected chi connectivity index (χ3v) is 2.97. The van der Waals surface area contributed by atoms with Crippen molar-refractivity contribution < 1.29 is 0 Å². The fraction of sp³-hybridized carbons (Fsp3) is 0.133. The van der Waals surface area contributed by atoms with Crippen LogP contribution < -0.4 is 4.90 Å². The highest BCUT2D eigenvalue weighted by Crippen LogP contribution is 2.15. The topological polar surface area (TPSA) is 41.9 Å². The Morgan fingerprint density at radius 2 is 1.84 bits per heavy atom. The SMILES string of the molecule is CN(Cc1cccnc1)c1cnc2ccccc2n1. The van der Waals surface area contributed by atoms with Gasteiger partial charge in [0.05, 0.1) is 17.2 Å². The highest BCUT2D eigenvalue weighted by atomic mass is 15.2. The summed E-state index contributed by atoms with van der Waals surface area (Å²) in [5, 5.41) is 0. The number of hydrogen-bond donors (Lipinski definition) is 0. The second-order valence-corrected chi connectivity index (χ2v) is 4.43. The molecule has 0 N–H and O–H groups in total. The Morgan fingerprint density at radius 1 is 1.00 bits per heavy atom. The molecular weight excluding hydrogens is 236 g/mol. The van der Waals surface area contributed by atoms with Crippen LogP contribution in [0.15, 0.2) is 55.0 Å². The molecule has 19 heavy (non-hydrogen) atoms. The fourth-order valence-electron chi connectivity index (χ4n) is 1.98. The largest absolute Gasteiger partial charge is 0.354 e. The first-order valence-electron chi connectivity index (χ1n) is 6.15. The molecule has 0 amide bonds. The van der Waals surface area contributed by atoms with E-state index in [-0.39, 0.29) is 0 Å². The van der Waals surface area contributed by atoms with Gasteiger partial charge >= 0.3 is 0 Å². The molecule has 4 heteroatoms. The summed E-state index contributed by atoms with van der Waals surface area (Å²) in [5.74, 6) is 0.863. The summed E-state index contributed by atoms with van der Waals surface area (Å²) in [7, 11) is 2.01. The molecule has 0 spiro atoms. The predicted octanol–water partition coefficient (Wildman–Crippen LogP) is 2.66. The first kappa shape index (κ1) is 11.6. The van der Waals surface area contributed by atoms with Gasteiger partial charge in [-0.05, 0) is 23.8 Å². The van der Waals surface area contributed by atoms with E-state index in [1.165, 1.54) is 0 Å². The zero-order chi connectivity index (χ0) is 13.1. The molecule has 3 rings (SSSR count). The molecule has 0 aliphatic rings. The minimum absolute atomic E-state index is 0.765. The zero-order valence-electron chi connectivity index (χ0n) is 10.7. The van der Waals surface area contributed by atoms with E-state index in [9.17, 15) is 0 Å². The minimum atomic E-state index is 0.765. The molecule has 4 nitrogen and oxygen atoms in total. The van der Waals surface area contributed by atoms with Crippen LogP contribution in [0.1, 0.15) is 5.56 Å². The van der Waals surface area contributed by atoms with E-state index >= 15 is 0 Å². The molecule has 0 fully saturated rings. The van der Waals surface area contributed by atoms with Crippen LogP contribution in [-0.2, 0) is 6.54 Å². The summed E-state index contributed by atoms with van der Waals surface area (Å²) in [4.78, 5) is 15.2. The normalized spacial score (nSPS) is 10.6. The van der Waals surface area contributed by atoms with Crippen molar-refractivity contribution in [3.63, 3.8) is 0 Å². The minimum Gasteiger partial charge on any atom is -0.354 e. The van der Waals surface area contributed by atoms with Gasteiger partial charge in [-0.1, -0.05) is 18.2 Å². The monoisotopic (exact) mass is 250 g/mol. The van der Waals surface area contributed by atoms with Crippen molar-refractivity contribution in [1.29, 1.82) is 0 Å². The fourth-order valence-corrected chi connectivity index (χ4v) is 1.98. The van der Waals surface area contributed by atoms with E-state index in [0.29, 0.717) is 0 Å². The summed E-state index contributed by atoms with van der Waals surface area (Å²) in [6, 6.07) is 11.9. The number of anilines is 1. The Balaban J connectivity index is 1.87. The van der Waals surface area contributed by atoms with Crippen LogP contribution in [0.2, 0.25) is 0 Å². The lowest BCUT2D eigenvalue weighted by Gasteiger charge is -2.17. The summed E-state index contributed by atoms with van der Waals surface area (Å²) in [5.41, 5.74) is 2.99. The third kappa shape index (κ3) is 2.52. The Bertz CT molecular complexity index is 682. The molecule has 0 atom stereocenters. The van der Waals surface area contributed by atoms with Crippen LogP contribution in [-0.4, -0.2) is 22.0 Å². The molecule has 1 aromatic carbocycles. The lowest BCUT2D eigenvalue weighted by Crippen LogP contribution is -2.18. The van der Waals surface area contributed by atoms with Crippen molar-refractivity contribution in [3.05, 3.63) is 60.6 Å². The maximum Gasteiger partial charge on any atom is 0.147 e. The number of hydrogen-bond acceptors (Lipinski definition) is 4. The van der Waals surface area contributed by atoms with Crippen molar-refractivity contribution in [2.75, 3.05) is 11.9 Å². The molecule has 0 saturated carbocycles. The highest BCUT2D eigenvalue weighted by Gasteiger charge is 2.05. The van der Waals surface area contributed by atoms with Crippen molar-refractivity contribution in [2.45, 2.75) is 6.54 Å². The van der Waals surface area contributed by atoms with Gasteiger partial charge in [-0.3, -0.25) is 9.97 Å². The molecule has 2 heterocycles. The number of nitrogens with zero attached hydrogens (tertiary/aromatic N) is 4. The molecule has 0 aliphatic heterocycles. The maximum absolute atomic E-state index is 4.61. The van der Waals surface area contributed by atoms with Crippen molar-refractivity contribution in [2.24, 2.45) is 0 Å². The summed E-state index contributed by atoms with van der Waals surface area (Å²) >= 11 is 0. The van der Waals surface area contributed by atoms with Gasteiger partial charge in [-0.2, -0.15) is 0 Å². The molecule has 0 saturated heterocycles. The zero-order valence-corrected chi connectivity index (χ0v) is 10.7. The molecule has 0 bridgehead atoms. The standard InChI is InChI=1S/C15H14N4/c1-19(11-12-5-4-8-16-9-12)15-10-17-13-6-2-3-7-14(13)18-15/h2-10H,11H2,1H3. The smallest absolute Gasteiger partial charge is 0.147 e. The average Bonchev–Trinajstić information content (AvgIpc) is 2.48. The molecule has 0 unspecified atom stereocenters. The first-order valence-corrected chi connectivity index (χ1v) is 6.15. The lowest BCUT2D eigenvalue weighted by atomic mass is 10.2. The van der Waals surface area contributed by atoms with Gasteiger partial charge in [0.25, 0.3) is 0 Å². The van der Waals surface area contributed by atoms with Crippen LogP contribution in [0.3, 0.4) is 0 Å². The van der Waals surface area contributed by atoms with Crippen molar-refractivity contribution >= 4 is 16.9 Å². The molecular formula is C15H14N4. The van der Waals surface area contributed by atoms with Gasteiger partial charge in [0, 0.05) is 26.0 Å². The second kappa shape index (κ2) is 5.02. The van der Waals surface area contributed by atoms with Crippen LogP contribution in [0, 0.1) is 0 Å². The highest BCUT2D eigenvalue weighted by molar-refractivity contribution is 5.75. The van der Waals surface area contributed by atoms with Gasteiger partial charge in [-0.25, -0.2) is 4.98 Å². The molecule has 2 aromatic heterocycles. The van der Waals surface area contributed by atoms with Gasteiger partial charge in [0.15, 0.2) is 0 Å². The van der Waals surface area contributed by atoms with Gasteiger partial charge in [-0.15, -0.1) is 0 Å². The molecule has 0 aliphatic carbocycles. The van der Waals surface area contributed by atoms with E-state index in [1.807, 2.05) is 43.6 Å². The average molecular weight is 250 g/mol. The van der Waals surface area contributed by atoms with E-state index in [0.717, 1.165) is 29.0 Å². The predicted molar refractivity (Wildman–Crippen MR) is 75.9 cm³/mol. The van der Waals surface area contributed by atoms with Crippen LogP contribution in [0.5, 0.6) is 0 Å². The number of benzene rings is 1. The van der Waals surface area contributed by atoms with Gasteiger partial charge in [0.2, 0.25) is 0 Å². The summed E-state index contributed by atoms with van der Waals surface area (Å²) < 4.78 is 0. The van der Waals surface area contributed by atoms with Crippen LogP contribution in [0.25, 0.3) is 11.0 Å². The molecule has 0 radical (unpaired) electrons. The van der Waals surface area contributed by atoms with Crippen molar-refractivity contribution in [3.8, 4) is 0 Å². The summed E-state index contributed by atoms with van der Waals surface area (Å²) in [6.45, 7) is 0.765. The van der Waals surface area contributed by atoms with E-state index in [1.54, 1.807) is 12.4 Å². The first-order chi connectivity index (χ1) is 9.33. The number of para-hydroxylation sites is 2. The van der Waals surface area contributed by atoms with Crippen LogP contribution in [0.4, 0.5) is 5.82 Å². The number of rotatable bonds is 3. The number of aromatic nitrogens is 3.